The molecule has 0 saturated carbocycles. The van der Waals surface area contributed by atoms with Crippen molar-refractivity contribution in [1.29, 1.82) is 0 Å². The van der Waals surface area contributed by atoms with Gasteiger partial charge in [-0.1, -0.05) is 11.6 Å². The van der Waals surface area contributed by atoms with Crippen molar-refractivity contribution in [3.8, 4) is 5.75 Å². The maximum Gasteiger partial charge on any atom is 0.128 e. The number of nitrogens with one attached hydrogen (secondary N) is 1. The van der Waals surface area contributed by atoms with Crippen LogP contribution < -0.4 is 10.1 Å². The average Bonchev–Trinajstić information content (AvgIpc) is 2.46. The minimum atomic E-state index is -0.403. The molecule has 2 aliphatic rings. The third kappa shape index (κ3) is 2.63. The summed E-state index contributed by atoms with van der Waals surface area (Å²) in [7, 11) is 0. The number of ether oxygens (including phenoxy) is 1. The summed E-state index contributed by atoms with van der Waals surface area (Å²) in [6.45, 7) is 4.86. The number of rotatable bonds is 2. The van der Waals surface area contributed by atoms with Gasteiger partial charge in [-0.3, -0.25) is 0 Å². The fraction of sp³-hybridized carbons (Fsp3) is 0.625. The molecule has 1 fully saturated rings. The number of piperidine rings is 1. The molecule has 3 heteroatoms. The van der Waals surface area contributed by atoms with Crippen molar-refractivity contribution in [2.45, 2.75) is 38.7 Å². The van der Waals surface area contributed by atoms with Crippen LogP contribution in [0, 0.1) is 12.8 Å². The van der Waals surface area contributed by atoms with Gasteiger partial charge in [-0.05, 0) is 50.8 Å². The third-order valence-electron chi connectivity index (χ3n) is 4.28. The lowest BCUT2D eigenvalue weighted by Crippen LogP contribution is -2.33. The minimum Gasteiger partial charge on any atom is -0.493 e. The van der Waals surface area contributed by atoms with Crippen LogP contribution in [-0.2, 0) is 6.42 Å². The predicted molar refractivity (Wildman–Crippen MR) is 75.5 cm³/mol. The Morgan fingerprint density at radius 2 is 2.26 bits per heavy atom. The van der Waals surface area contributed by atoms with Crippen molar-refractivity contribution in [3.63, 3.8) is 0 Å². The van der Waals surface area contributed by atoms with Gasteiger partial charge in [0, 0.05) is 18.0 Å². The molecule has 1 aromatic rings. The normalized spacial score (nSPS) is 24.4. The van der Waals surface area contributed by atoms with Gasteiger partial charge >= 0.3 is 0 Å². The fourth-order valence-electron chi connectivity index (χ4n) is 3.30. The number of hydrogen-bond donors (Lipinski definition) is 2. The van der Waals surface area contributed by atoms with Crippen molar-refractivity contribution in [2.24, 2.45) is 5.92 Å². The lowest BCUT2D eigenvalue weighted by molar-refractivity contribution is 0.0880. The molecule has 0 amide bonds. The van der Waals surface area contributed by atoms with Crippen LogP contribution >= 0.6 is 0 Å². The molecule has 2 aliphatic heterocycles. The Kier molecular flexibility index (Phi) is 3.76. The largest absolute Gasteiger partial charge is 0.493 e. The molecular formula is C16H23NO2. The Labute approximate surface area is 115 Å². The van der Waals surface area contributed by atoms with E-state index in [1.54, 1.807) is 0 Å². The number of benzene rings is 1. The van der Waals surface area contributed by atoms with E-state index < -0.39 is 6.10 Å². The summed E-state index contributed by atoms with van der Waals surface area (Å²) in [5.74, 6) is 1.26. The number of aryl methyl sites for hydroxylation is 2. The highest BCUT2D eigenvalue weighted by molar-refractivity contribution is 5.47. The van der Waals surface area contributed by atoms with E-state index in [-0.39, 0.29) is 0 Å². The quantitative estimate of drug-likeness (QED) is 0.858. The minimum absolute atomic E-state index is 0.310. The molecule has 3 nitrogen and oxygen atoms in total. The lowest BCUT2D eigenvalue weighted by atomic mass is 9.86. The Morgan fingerprint density at radius 1 is 1.37 bits per heavy atom. The Balaban J connectivity index is 1.92. The molecule has 19 heavy (non-hydrogen) atoms. The van der Waals surface area contributed by atoms with E-state index in [9.17, 15) is 5.11 Å². The van der Waals surface area contributed by atoms with Crippen molar-refractivity contribution < 1.29 is 9.84 Å². The molecule has 104 valence electrons. The summed E-state index contributed by atoms with van der Waals surface area (Å²) >= 11 is 0. The smallest absolute Gasteiger partial charge is 0.128 e. The Bertz CT molecular complexity index is 452. The van der Waals surface area contributed by atoms with E-state index in [1.807, 2.05) is 0 Å². The third-order valence-corrected chi connectivity index (χ3v) is 4.28. The van der Waals surface area contributed by atoms with E-state index in [1.165, 1.54) is 11.1 Å². The summed E-state index contributed by atoms with van der Waals surface area (Å²) in [6.07, 6.45) is 3.99. The van der Waals surface area contributed by atoms with Crippen LogP contribution in [0.4, 0.5) is 0 Å². The Morgan fingerprint density at radius 3 is 3.05 bits per heavy atom. The van der Waals surface area contributed by atoms with Gasteiger partial charge in [-0.2, -0.15) is 0 Å². The molecule has 0 radical (unpaired) electrons. The molecule has 3 rings (SSSR count). The number of hydrogen-bond acceptors (Lipinski definition) is 3. The molecule has 0 bridgehead atoms. The summed E-state index contributed by atoms with van der Waals surface area (Å²) in [5.41, 5.74) is 3.49. The monoisotopic (exact) mass is 261 g/mol. The van der Waals surface area contributed by atoms with Crippen LogP contribution in [0.1, 0.15) is 42.1 Å². The maximum absolute atomic E-state index is 10.7. The summed E-state index contributed by atoms with van der Waals surface area (Å²) in [4.78, 5) is 0. The highest BCUT2D eigenvalue weighted by Crippen LogP contribution is 2.38. The first kappa shape index (κ1) is 12.9. The molecule has 0 spiro atoms. The number of aliphatic hydroxyl groups excluding tert-OH is 1. The standard InChI is InChI=1S/C16H23NO2/c1-11-8-12-5-3-7-19-16(12)14(9-11)15(18)13-4-2-6-17-10-13/h8-9,13,15,17-18H,2-7,10H2,1H3. The van der Waals surface area contributed by atoms with E-state index in [0.717, 1.165) is 56.7 Å². The highest BCUT2D eigenvalue weighted by Gasteiger charge is 2.27. The van der Waals surface area contributed by atoms with Gasteiger partial charge in [0.05, 0.1) is 12.7 Å². The second kappa shape index (κ2) is 5.51. The first-order valence-corrected chi connectivity index (χ1v) is 7.40. The maximum atomic E-state index is 10.7. The van der Waals surface area contributed by atoms with E-state index >= 15 is 0 Å². The van der Waals surface area contributed by atoms with Gasteiger partial charge < -0.3 is 15.2 Å². The van der Waals surface area contributed by atoms with E-state index in [0.29, 0.717) is 5.92 Å². The molecule has 0 aromatic heterocycles. The summed E-state index contributed by atoms with van der Waals surface area (Å²) in [6, 6.07) is 4.30. The molecule has 1 saturated heterocycles. The van der Waals surface area contributed by atoms with Crippen molar-refractivity contribution in [3.05, 3.63) is 28.8 Å². The van der Waals surface area contributed by atoms with Gasteiger partial charge in [0.1, 0.15) is 5.75 Å². The van der Waals surface area contributed by atoms with Crippen LogP contribution in [0.2, 0.25) is 0 Å². The van der Waals surface area contributed by atoms with Crippen LogP contribution in [0.3, 0.4) is 0 Å². The van der Waals surface area contributed by atoms with E-state index in [4.69, 9.17) is 4.74 Å². The Hall–Kier alpha value is -1.06. The zero-order valence-electron chi connectivity index (χ0n) is 11.6. The summed E-state index contributed by atoms with van der Waals surface area (Å²) < 4.78 is 5.84. The summed E-state index contributed by atoms with van der Waals surface area (Å²) in [5, 5.41) is 14.1. The van der Waals surface area contributed by atoms with Gasteiger partial charge in [0.2, 0.25) is 0 Å². The molecule has 0 aliphatic carbocycles. The highest BCUT2D eigenvalue weighted by atomic mass is 16.5. The van der Waals surface area contributed by atoms with Crippen molar-refractivity contribution in [2.75, 3.05) is 19.7 Å². The zero-order valence-corrected chi connectivity index (χ0v) is 11.6. The topological polar surface area (TPSA) is 41.5 Å². The van der Waals surface area contributed by atoms with Gasteiger partial charge in [0.15, 0.2) is 0 Å². The lowest BCUT2D eigenvalue weighted by Gasteiger charge is -2.30. The molecule has 2 heterocycles. The molecule has 2 unspecified atom stereocenters. The SMILES string of the molecule is Cc1cc2c(c(C(O)C3CCCNC3)c1)OCCC2. The number of fused-ring (bicyclic) bond motifs is 1. The van der Waals surface area contributed by atoms with Crippen LogP contribution in [-0.4, -0.2) is 24.8 Å². The van der Waals surface area contributed by atoms with Gasteiger partial charge in [-0.15, -0.1) is 0 Å². The molecule has 2 N–H and O–H groups in total. The molecule has 2 atom stereocenters. The van der Waals surface area contributed by atoms with Crippen LogP contribution in [0.5, 0.6) is 5.75 Å². The average molecular weight is 261 g/mol. The molecule has 1 aromatic carbocycles. The number of aliphatic hydroxyl groups is 1. The second-order valence-electron chi connectivity index (χ2n) is 5.85. The van der Waals surface area contributed by atoms with Gasteiger partial charge in [-0.25, -0.2) is 0 Å². The predicted octanol–water partition coefficient (Wildman–Crippen LogP) is 2.35. The first-order valence-electron chi connectivity index (χ1n) is 7.40. The second-order valence-corrected chi connectivity index (χ2v) is 5.85. The first-order chi connectivity index (χ1) is 9.25. The van der Waals surface area contributed by atoms with Crippen molar-refractivity contribution >= 4 is 0 Å². The molecular weight excluding hydrogens is 238 g/mol. The van der Waals surface area contributed by atoms with Crippen LogP contribution in [0.15, 0.2) is 12.1 Å². The van der Waals surface area contributed by atoms with E-state index in [2.05, 4.69) is 24.4 Å². The van der Waals surface area contributed by atoms with Crippen LogP contribution in [0.25, 0.3) is 0 Å². The van der Waals surface area contributed by atoms with Crippen molar-refractivity contribution in [1.82, 2.24) is 5.32 Å². The van der Waals surface area contributed by atoms with Gasteiger partial charge in [0.25, 0.3) is 0 Å². The fourth-order valence-corrected chi connectivity index (χ4v) is 3.30. The zero-order chi connectivity index (χ0) is 13.2.